The monoisotopic (exact) mass is 295 g/mol. The van der Waals surface area contributed by atoms with Crippen LogP contribution in [0.1, 0.15) is 19.4 Å². The van der Waals surface area contributed by atoms with Gasteiger partial charge in [0, 0.05) is 12.1 Å². The highest BCUT2D eigenvalue weighted by Crippen LogP contribution is 2.23. The van der Waals surface area contributed by atoms with Crippen LogP contribution < -0.4 is 10.1 Å². The van der Waals surface area contributed by atoms with Gasteiger partial charge in [-0.15, -0.1) is 0 Å². The summed E-state index contributed by atoms with van der Waals surface area (Å²) < 4.78 is 45.2. The van der Waals surface area contributed by atoms with Gasteiger partial charge >= 0.3 is 0 Å². The zero-order valence-corrected chi connectivity index (χ0v) is 11.8. The molecule has 0 spiro atoms. The molecule has 5 heteroatoms. The van der Waals surface area contributed by atoms with E-state index < -0.39 is 17.5 Å². The van der Waals surface area contributed by atoms with Gasteiger partial charge in [-0.05, 0) is 32.0 Å². The van der Waals surface area contributed by atoms with Crippen molar-refractivity contribution in [3.8, 4) is 5.75 Å². The summed E-state index contributed by atoms with van der Waals surface area (Å²) in [6.45, 7) is 4.04. The molecule has 0 unspecified atom stereocenters. The Kier molecular flexibility index (Phi) is 4.73. The Balaban J connectivity index is 2.15. The molecule has 0 saturated carbocycles. The van der Waals surface area contributed by atoms with Crippen LogP contribution in [0, 0.1) is 17.5 Å². The second-order valence-electron chi connectivity index (χ2n) is 4.85. The molecule has 0 amide bonds. The summed E-state index contributed by atoms with van der Waals surface area (Å²) in [6.07, 6.45) is 0.00570. The lowest BCUT2D eigenvalue weighted by Crippen LogP contribution is -2.10. The van der Waals surface area contributed by atoms with Crippen molar-refractivity contribution in [2.24, 2.45) is 0 Å². The molecule has 0 radical (unpaired) electrons. The average molecular weight is 295 g/mol. The van der Waals surface area contributed by atoms with Crippen LogP contribution in [-0.4, -0.2) is 6.10 Å². The van der Waals surface area contributed by atoms with Crippen molar-refractivity contribution >= 4 is 5.69 Å². The van der Waals surface area contributed by atoms with E-state index in [-0.39, 0.29) is 18.3 Å². The molecule has 21 heavy (non-hydrogen) atoms. The number of halogens is 3. The van der Waals surface area contributed by atoms with E-state index in [0.717, 1.165) is 11.6 Å². The molecule has 2 rings (SSSR count). The first-order chi connectivity index (χ1) is 9.99. The molecule has 0 aliphatic carbocycles. The molecule has 0 heterocycles. The lowest BCUT2D eigenvalue weighted by Gasteiger charge is -2.15. The Bertz CT molecular complexity index is 629. The Morgan fingerprint density at radius 3 is 2.43 bits per heavy atom. The summed E-state index contributed by atoms with van der Waals surface area (Å²) in [4.78, 5) is 0. The van der Waals surface area contributed by atoms with E-state index in [1.54, 1.807) is 6.07 Å². The van der Waals surface area contributed by atoms with Gasteiger partial charge in [0.1, 0.15) is 5.75 Å². The minimum absolute atomic E-state index is 0.00570. The fraction of sp³-hybridized carbons (Fsp3) is 0.250. The zero-order chi connectivity index (χ0) is 15.4. The van der Waals surface area contributed by atoms with Gasteiger partial charge in [-0.2, -0.15) is 0 Å². The van der Waals surface area contributed by atoms with Gasteiger partial charge in [-0.3, -0.25) is 0 Å². The first-order valence-corrected chi connectivity index (χ1v) is 6.61. The SMILES string of the molecule is CC(C)Oc1ccccc1CNc1ccc(F)c(F)c1F. The number of rotatable bonds is 5. The van der Waals surface area contributed by atoms with Crippen LogP contribution in [0.2, 0.25) is 0 Å². The Morgan fingerprint density at radius 1 is 1.00 bits per heavy atom. The quantitative estimate of drug-likeness (QED) is 0.820. The van der Waals surface area contributed by atoms with Crippen molar-refractivity contribution in [2.75, 3.05) is 5.32 Å². The van der Waals surface area contributed by atoms with Crippen molar-refractivity contribution in [1.29, 1.82) is 0 Å². The fourth-order valence-corrected chi connectivity index (χ4v) is 1.87. The topological polar surface area (TPSA) is 21.3 Å². The molecule has 112 valence electrons. The summed E-state index contributed by atoms with van der Waals surface area (Å²) in [5, 5.41) is 2.75. The second kappa shape index (κ2) is 6.52. The molecular weight excluding hydrogens is 279 g/mol. The highest BCUT2D eigenvalue weighted by Gasteiger charge is 2.13. The predicted octanol–water partition coefficient (Wildman–Crippen LogP) is 4.50. The standard InChI is InChI=1S/C16H16F3NO/c1-10(2)21-14-6-4-3-5-11(14)9-20-13-8-7-12(17)15(18)16(13)19/h3-8,10,20H,9H2,1-2H3. The van der Waals surface area contributed by atoms with E-state index in [1.165, 1.54) is 6.07 Å². The number of nitrogens with one attached hydrogen (secondary N) is 1. The highest BCUT2D eigenvalue weighted by atomic mass is 19.2. The van der Waals surface area contributed by atoms with E-state index in [2.05, 4.69) is 5.32 Å². The van der Waals surface area contributed by atoms with Crippen molar-refractivity contribution in [2.45, 2.75) is 26.5 Å². The lowest BCUT2D eigenvalue weighted by molar-refractivity contribution is 0.240. The molecule has 0 aliphatic heterocycles. The minimum Gasteiger partial charge on any atom is -0.491 e. The number of benzene rings is 2. The number of hydrogen-bond donors (Lipinski definition) is 1. The predicted molar refractivity (Wildman–Crippen MR) is 75.8 cm³/mol. The van der Waals surface area contributed by atoms with Gasteiger partial charge in [0.25, 0.3) is 0 Å². The first-order valence-electron chi connectivity index (χ1n) is 6.61. The van der Waals surface area contributed by atoms with Crippen molar-refractivity contribution in [3.05, 3.63) is 59.4 Å². The maximum atomic E-state index is 13.6. The van der Waals surface area contributed by atoms with Crippen molar-refractivity contribution in [1.82, 2.24) is 0 Å². The van der Waals surface area contributed by atoms with Gasteiger partial charge in [0.2, 0.25) is 0 Å². The number of anilines is 1. The van der Waals surface area contributed by atoms with Crippen molar-refractivity contribution in [3.63, 3.8) is 0 Å². The summed E-state index contributed by atoms with van der Waals surface area (Å²) in [5.41, 5.74) is 0.712. The Morgan fingerprint density at radius 2 is 1.71 bits per heavy atom. The zero-order valence-electron chi connectivity index (χ0n) is 11.8. The van der Waals surface area contributed by atoms with Crippen LogP contribution >= 0.6 is 0 Å². The van der Waals surface area contributed by atoms with Gasteiger partial charge < -0.3 is 10.1 Å². The molecule has 2 aromatic rings. The van der Waals surface area contributed by atoms with E-state index in [9.17, 15) is 13.2 Å². The molecule has 0 fully saturated rings. The van der Waals surface area contributed by atoms with Crippen LogP contribution in [0.15, 0.2) is 36.4 Å². The summed E-state index contributed by atoms with van der Waals surface area (Å²) in [6, 6.07) is 9.34. The number of para-hydroxylation sites is 1. The Labute approximate surface area is 121 Å². The molecule has 0 saturated heterocycles. The van der Waals surface area contributed by atoms with Gasteiger partial charge in [0.15, 0.2) is 17.5 Å². The lowest BCUT2D eigenvalue weighted by atomic mass is 10.2. The van der Waals surface area contributed by atoms with Crippen LogP contribution in [0.25, 0.3) is 0 Å². The van der Waals surface area contributed by atoms with E-state index >= 15 is 0 Å². The fourth-order valence-electron chi connectivity index (χ4n) is 1.87. The maximum absolute atomic E-state index is 13.6. The smallest absolute Gasteiger partial charge is 0.196 e. The third-order valence-electron chi connectivity index (χ3n) is 2.84. The summed E-state index contributed by atoms with van der Waals surface area (Å²) in [7, 11) is 0. The molecule has 2 nitrogen and oxygen atoms in total. The maximum Gasteiger partial charge on any atom is 0.196 e. The van der Waals surface area contributed by atoms with E-state index in [4.69, 9.17) is 4.74 Å². The summed E-state index contributed by atoms with van der Waals surface area (Å²) >= 11 is 0. The van der Waals surface area contributed by atoms with Gasteiger partial charge in [-0.1, -0.05) is 18.2 Å². The molecule has 0 bridgehead atoms. The van der Waals surface area contributed by atoms with Gasteiger partial charge in [0.05, 0.1) is 11.8 Å². The number of hydrogen-bond acceptors (Lipinski definition) is 2. The molecule has 0 aliphatic rings. The van der Waals surface area contributed by atoms with Gasteiger partial charge in [-0.25, -0.2) is 13.2 Å². The number of ether oxygens (including phenoxy) is 1. The normalized spacial score (nSPS) is 10.8. The van der Waals surface area contributed by atoms with E-state index in [0.29, 0.717) is 5.75 Å². The molecule has 2 aromatic carbocycles. The molecular formula is C16H16F3NO. The molecule has 0 aromatic heterocycles. The van der Waals surface area contributed by atoms with Crippen LogP contribution in [0.4, 0.5) is 18.9 Å². The minimum atomic E-state index is -1.48. The summed E-state index contributed by atoms with van der Waals surface area (Å²) in [5.74, 6) is -3.24. The average Bonchev–Trinajstić information content (AvgIpc) is 2.45. The third kappa shape index (κ3) is 3.68. The van der Waals surface area contributed by atoms with E-state index in [1.807, 2.05) is 32.0 Å². The third-order valence-corrected chi connectivity index (χ3v) is 2.84. The highest BCUT2D eigenvalue weighted by molar-refractivity contribution is 5.47. The molecule has 1 N–H and O–H groups in total. The van der Waals surface area contributed by atoms with Crippen molar-refractivity contribution < 1.29 is 17.9 Å². The van der Waals surface area contributed by atoms with Crippen LogP contribution in [0.3, 0.4) is 0 Å². The molecule has 0 atom stereocenters. The largest absolute Gasteiger partial charge is 0.491 e. The second-order valence-corrected chi connectivity index (χ2v) is 4.85. The first kappa shape index (κ1) is 15.2. The Hall–Kier alpha value is -2.17. The van der Waals surface area contributed by atoms with Crippen LogP contribution in [0.5, 0.6) is 5.75 Å². The van der Waals surface area contributed by atoms with Crippen LogP contribution in [-0.2, 0) is 6.54 Å².